The van der Waals surface area contributed by atoms with E-state index in [0.717, 1.165) is 50.1 Å². The van der Waals surface area contributed by atoms with Crippen LogP contribution < -0.4 is 15.4 Å². The highest BCUT2D eigenvalue weighted by atomic mass is 16.5. The third-order valence-electron chi connectivity index (χ3n) is 5.91. The van der Waals surface area contributed by atoms with Crippen LogP contribution in [0.1, 0.15) is 58.8 Å². The number of aromatic nitrogens is 1. The standard InChI is InChI=1S/C21H36N4O/c1-3-10-24(11-4-2)18-15-20(22)23-21(16-18)26-14-13-25-12-9-17-7-5-6-8-19(17)25/h15-17,19H,3-14H2,1-2H3,(H2,22,23). The van der Waals surface area contributed by atoms with Crippen LogP contribution in [0.2, 0.25) is 0 Å². The number of hydrogen-bond acceptors (Lipinski definition) is 5. The van der Waals surface area contributed by atoms with E-state index in [0.29, 0.717) is 18.3 Å². The molecule has 1 saturated carbocycles. The molecule has 2 aliphatic rings. The van der Waals surface area contributed by atoms with Gasteiger partial charge in [0.15, 0.2) is 0 Å². The monoisotopic (exact) mass is 360 g/mol. The van der Waals surface area contributed by atoms with Crippen molar-refractivity contribution in [1.29, 1.82) is 0 Å². The van der Waals surface area contributed by atoms with E-state index in [1.165, 1.54) is 38.6 Å². The number of nitrogen functional groups attached to an aromatic ring is 1. The normalized spacial score (nSPS) is 23.0. The molecule has 5 nitrogen and oxygen atoms in total. The van der Waals surface area contributed by atoms with E-state index in [1.807, 2.05) is 6.07 Å². The molecule has 2 unspecified atom stereocenters. The molecule has 0 amide bonds. The Hall–Kier alpha value is -1.49. The summed E-state index contributed by atoms with van der Waals surface area (Å²) in [6.07, 6.45) is 9.22. The molecular weight excluding hydrogens is 324 g/mol. The van der Waals surface area contributed by atoms with Gasteiger partial charge >= 0.3 is 0 Å². The molecule has 0 aromatic carbocycles. The van der Waals surface area contributed by atoms with Crippen LogP contribution in [0.3, 0.4) is 0 Å². The number of rotatable bonds is 9. The van der Waals surface area contributed by atoms with Crippen molar-refractivity contribution in [3.63, 3.8) is 0 Å². The van der Waals surface area contributed by atoms with Crippen molar-refractivity contribution in [2.75, 3.05) is 43.4 Å². The second-order valence-corrected chi connectivity index (χ2v) is 7.86. The Balaban J connectivity index is 1.56. The first-order valence-electron chi connectivity index (χ1n) is 10.6. The minimum atomic E-state index is 0.545. The fraction of sp³-hybridized carbons (Fsp3) is 0.762. The lowest BCUT2D eigenvalue weighted by atomic mass is 9.85. The molecule has 1 aliphatic heterocycles. The van der Waals surface area contributed by atoms with E-state index in [1.54, 1.807) is 0 Å². The number of nitrogens with two attached hydrogens (primary N) is 1. The molecule has 2 heterocycles. The second-order valence-electron chi connectivity index (χ2n) is 7.86. The molecule has 2 atom stereocenters. The average molecular weight is 361 g/mol. The number of nitrogens with zero attached hydrogens (tertiary/aromatic N) is 3. The van der Waals surface area contributed by atoms with Crippen molar-refractivity contribution in [1.82, 2.24) is 9.88 Å². The Morgan fingerprint density at radius 3 is 2.69 bits per heavy atom. The summed E-state index contributed by atoms with van der Waals surface area (Å²) in [4.78, 5) is 9.40. The Bertz CT molecular complexity index is 559. The first-order chi connectivity index (χ1) is 12.7. The Morgan fingerprint density at radius 1 is 1.15 bits per heavy atom. The van der Waals surface area contributed by atoms with Gasteiger partial charge in [0.05, 0.1) is 0 Å². The molecule has 1 aliphatic carbocycles. The van der Waals surface area contributed by atoms with Crippen molar-refractivity contribution >= 4 is 11.5 Å². The molecule has 0 spiro atoms. The van der Waals surface area contributed by atoms with Gasteiger partial charge in [0.1, 0.15) is 12.4 Å². The summed E-state index contributed by atoms with van der Waals surface area (Å²) >= 11 is 0. The molecule has 2 fully saturated rings. The molecule has 1 saturated heterocycles. The van der Waals surface area contributed by atoms with Crippen LogP contribution in [-0.4, -0.2) is 48.7 Å². The van der Waals surface area contributed by atoms with Crippen LogP contribution >= 0.6 is 0 Å². The van der Waals surface area contributed by atoms with Gasteiger partial charge in [-0.25, -0.2) is 0 Å². The van der Waals surface area contributed by atoms with Crippen LogP contribution in [-0.2, 0) is 0 Å². The third kappa shape index (κ3) is 4.81. The number of anilines is 2. The highest BCUT2D eigenvalue weighted by Crippen LogP contribution is 2.35. The van der Waals surface area contributed by atoms with Crippen LogP contribution in [0.4, 0.5) is 11.5 Å². The summed E-state index contributed by atoms with van der Waals surface area (Å²) in [6, 6.07) is 4.81. The zero-order valence-corrected chi connectivity index (χ0v) is 16.6. The molecule has 0 bridgehead atoms. The van der Waals surface area contributed by atoms with Gasteiger partial charge in [-0.3, -0.25) is 4.90 Å². The van der Waals surface area contributed by atoms with Crippen LogP contribution in [0.5, 0.6) is 5.88 Å². The lowest BCUT2D eigenvalue weighted by Gasteiger charge is -2.31. The van der Waals surface area contributed by atoms with Crippen LogP contribution in [0.15, 0.2) is 12.1 Å². The molecule has 1 aromatic heterocycles. The van der Waals surface area contributed by atoms with Gasteiger partial charge in [-0.2, -0.15) is 4.98 Å². The molecule has 26 heavy (non-hydrogen) atoms. The maximum Gasteiger partial charge on any atom is 0.217 e. The number of hydrogen-bond donors (Lipinski definition) is 1. The van der Waals surface area contributed by atoms with Crippen molar-refractivity contribution in [3.8, 4) is 5.88 Å². The predicted molar refractivity (Wildman–Crippen MR) is 109 cm³/mol. The highest BCUT2D eigenvalue weighted by Gasteiger charge is 2.35. The predicted octanol–water partition coefficient (Wildman–Crippen LogP) is 3.93. The summed E-state index contributed by atoms with van der Waals surface area (Å²) in [5.74, 6) is 2.14. The molecule has 3 rings (SSSR count). The summed E-state index contributed by atoms with van der Waals surface area (Å²) in [7, 11) is 0. The van der Waals surface area contributed by atoms with E-state index in [-0.39, 0.29) is 0 Å². The Labute approximate surface area is 158 Å². The number of pyridine rings is 1. The van der Waals surface area contributed by atoms with Gasteiger partial charge in [0.2, 0.25) is 5.88 Å². The minimum Gasteiger partial charge on any atom is -0.476 e. The SMILES string of the molecule is CCCN(CCC)c1cc(N)nc(OCCN2CCC3CCCCC32)c1. The summed E-state index contributed by atoms with van der Waals surface area (Å²) < 4.78 is 6.02. The lowest BCUT2D eigenvalue weighted by molar-refractivity contribution is 0.153. The van der Waals surface area contributed by atoms with E-state index in [9.17, 15) is 0 Å². The molecule has 146 valence electrons. The van der Waals surface area contributed by atoms with Gasteiger partial charge in [-0.1, -0.05) is 26.7 Å². The topological polar surface area (TPSA) is 54.6 Å². The van der Waals surface area contributed by atoms with E-state index >= 15 is 0 Å². The Morgan fingerprint density at radius 2 is 1.92 bits per heavy atom. The largest absolute Gasteiger partial charge is 0.476 e. The fourth-order valence-corrected chi connectivity index (χ4v) is 4.73. The maximum atomic E-state index is 6.04. The zero-order chi connectivity index (χ0) is 18.4. The number of likely N-dealkylation sites (tertiary alicyclic amines) is 1. The molecule has 2 N–H and O–H groups in total. The number of ether oxygens (including phenoxy) is 1. The van der Waals surface area contributed by atoms with Crippen LogP contribution in [0.25, 0.3) is 0 Å². The fourth-order valence-electron chi connectivity index (χ4n) is 4.73. The molecule has 1 aromatic rings. The first kappa shape index (κ1) is 19.3. The van der Waals surface area contributed by atoms with Gasteiger partial charge in [-0.15, -0.1) is 0 Å². The van der Waals surface area contributed by atoms with E-state index in [4.69, 9.17) is 10.5 Å². The molecule has 5 heteroatoms. The zero-order valence-electron chi connectivity index (χ0n) is 16.6. The van der Waals surface area contributed by atoms with Crippen molar-refractivity contribution < 1.29 is 4.74 Å². The quantitative estimate of drug-likeness (QED) is 0.723. The Kier molecular flexibility index (Phi) is 7.00. The number of fused-ring (bicyclic) bond motifs is 1. The molecular formula is C21H36N4O. The summed E-state index contributed by atoms with van der Waals surface area (Å²) in [6.45, 7) is 9.41. The smallest absolute Gasteiger partial charge is 0.217 e. The van der Waals surface area contributed by atoms with E-state index in [2.05, 4.69) is 34.7 Å². The first-order valence-corrected chi connectivity index (χ1v) is 10.6. The summed E-state index contributed by atoms with van der Waals surface area (Å²) in [5, 5.41) is 0. The maximum absolute atomic E-state index is 6.04. The minimum absolute atomic E-state index is 0.545. The van der Waals surface area contributed by atoms with Crippen molar-refractivity contribution in [2.24, 2.45) is 5.92 Å². The van der Waals surface area contributed by atoms with Gasteiger partial charge in [0, 0.05) is 43.5 Å². The van der Waals surface area contributed by atoms with Gasteiger partial charge < -0.3 is 15.4 Å². The third-order valence-corrected chi connectivity index (χ3v) is 5.91. The van der Waals surface area contributed by atoms with Crippen molar-refractivity contribution in [3.05, 3.63) is 12.1 Å². The molecule has 0 radical (unpaired) electrons. The van der Waals surface area contributed by atoms with E-state index < -0.39 is 0 Å². The summed E-state index contributed by atoms with van der Waals surface area (Å²) in [5.41, 5.74) is 7.17. The van der Waals surface area contributed by atoms with Crippen LogP contribution in [0, 0.1) is 5.92 Å². The van der Waals surface area contributed by atoms with Crippen molar-refractivity contribution in [2.45, 2.75) is 64.8 Å². The highest BCUT2D eigenvalue weighted by molar-refractivity contribution is 5.55. The average Bonchev–Trinajstić information content (AvgIpc) is 3.04. The second kappa shape index (κ2) is 9.45. The van der Waals surface area contributed by atoms with Gasteiger partial charge in [-0.05, 0) is 44.6 Å². The van der Waals surface area contributed by atoms with Gasteiger partial charge in [0.25, 0.3) is 0 Å². The lowest BCUT2D eigenvalue weighted by Crippen LogP contribution is -2.37.